The molecule has 0 amide bonds. The highest BCUT2D eigenvalue weighted by atomic mass is 14.9. The summed E-state index contributed by atoms with van der Waals surface area (Å²) in [5.41, 5.74) is 4.16. The first-order valence-electron chi connectivity index (χ1n) is 7.14. The Morgan fingerprint density at radius 1 is 1.11 bits per heavy atom. The zero-order valence-corrected chi connectivity index (χ0v) is 12.3. The lowest BCUT2D eigenvalue weighted by Gasteiger charge is -2.24. The van der Waals surface area contributed by atoms with E-state index in [9.17, 15) is 0 Å². The van der Waals surface area contributed by atoms with Crippen LogP contribution in [0.25, 0.3) is 11.0 Å². The fraction of sp³-hybridized carbons (Fsp3) is 0.500. The molecule has 0 aliphatic rings. The van der Waals surface area contributed by atoms with Gasteiger partial charge in [0, 0.05) is 12.0 Å². The molecule has 0 saturated carbocycles. The SMILES string of the molecule is CCNC(C)C(CC)c1nc2ccccc2nc1C. The summed E-state index contributed by atoms with van der Waals surface area (Å²) in [5, 5.41) is 3.50. The van der Waals surface area contributed by atoms with E-state index >= 15 is 0 Å². The highest BCUT2D eigenvalue weighted by molar-refractivity contribution is 5.74. The molecular formula is C16H23N3. The van der Waals surface area contributed by atoms with Gasteiger partial charge in [0.15, 0.2) is 0 Å². The number of hydrogen-bond acceptors (Lipinski definition) is 3. The minimum Gasteiger partial charge on any atom is -0.314 e. The van der Waals surface area contributed by atoms with Crippen molar-refractivity contribution >= 4 is 11.0 Å². The molecule has 102 valence electrons. The van der Waals surface area contributed by atoms with Crippen molar-refractivity contribution < 1.29 is 0 Å². The van der Waals surface area contributed by atoms with Gasteiger partial charge in [0.2, 0.25) is 0 Å². The van der Waals surface area contributed by atoms with Crippen LogP contribution < -0.4 is 5.32 Å². The van der Waals surface area contributed by atoms with Crippen LogP contribution in [0.2, 0.25) is 0 Å². The monoisotopic (exact) mass is 257 g/mol. The van der Waals surface area contributed by atoms with E-state index in [0.29, 0.717) is 12.0 Å². The van der Waals surface area contributed by atoms with Gasteiger partial charge in [0.25, 0.3) is 0 Å². The summed E-state index contributed by atoms with van der Waals surface area (Å²) in [6.45, 7) is 9.64. The molecule has 1 N–H and O–H groups in total. The van der Waals surface area contributed by atoms with Crippen LogP contribution in [0.1, 0.15) is 44.5 Å². The van der Waals surface area contributed by atoms with Crippen LogP contribution in [0.5, 0.6) is 0 Å². The van der Waals surface area contributed by atoms with Gasteiger partial charge in [0.1, 0.15) is 0 Å². The minimum absolute atomic E-state index is 0.414. The summed E-state index contributed by atoms with van der Waals surface area (Å²) in [5.74, 6) is 0.414. The number of hydrogen-bond donors (Lipinski definition) is 1. The summed E-state index contributed by atoms with van der Waals surface area (Å²) in [6.07, 6.45) is 1.07. The average molecular weight is 257 g/mol. The molecule has 0 radical (unpaired) electrons. The van der Waals surface area contributed by atoms with E-state index < -0.39 is 0 Å². The van der Waals surface area contributed by atoms with Crippen LogP contribution in [-0.4, -0.2) is 22.6 Å². The van der Waals surface area contributed by atoms with Gasteiger partial charge in [-0.25, -0.2) is 9.97 Å². The first kappa shape index (κ1) is 13.9. The van der Waals surface area contributed by atoms with Crippen molar-refractivity contribution in [3.05, 3.63) is 35.7 Å². The van der Waals surface area contributed by atoms with E-state index in [1.807, 2.05) is 24.3 Å². The van der Waals surface area contributed by atoms with Crippen molar-refractivity contribution in [2.75, 3.05) is 6.54 Å². The Labute approximate surface area is 115 Å². The molecule has 0 aliphatic carbocycles. The smallest absolute Gasteiger partial charge is 0.0890 e. The quantitative estimate of drug-likeness (QED) is 0.891. The van der Waals surface area contributed by atoms with Gasteiger partial charge in [0.05, 0.1) is 22.4 Å². The molecule has 0 fully saturated rings. The molecule has 2 aromatic rings. The molecule has 1 aromatic carbocycles. The summed E-state index contributed by atoms with van der Waals surface area (Å²) in [7, 11) is 0. The molecule has 0 spiro atoms. The van der Waals surface area contributed by atoms with Crippen molar-refractivity contribution in [1.29, 1.82) is 0 Å². The van der Waals surface area contributed by atoms with Crippen molar-refractivity contribution in [1.82, 2.24) is 15.3 Å². The van der Waals surface area contributed by atoms with E-state index in [4.69, 9.17) is 9.97 Å². The fourth-order valence-electron chi connectivity index (χ4n) is 2.70. The first-order valence-corrected chi connectivity index (χ1v) is 7.14. The predicted molar refractivity (Wildman–Crippen MR) is 80.4 cm³/mol. The van der Waals surface area contributed by atoms with Gasteiger partial charge < -0.3 is 5.32 Å². The van der Waals surface area contributed by atoms with Crippen LogP contribution in [-0.2, 0) is 0 Å². The topological polar surface area (TPSA) is 37.8 Å². The molecule has 3 nitrogen and oxygen atoms in total. The van der Waals surface area contributed by atoms with Crippen LogP contribution in [0.4, 0.5) is 0 Å². The lowest BCUT2D eigenvalue weighted by molar-refractivity contribution is 0.451. The Morgan fingerprint density at radius 3 is 2.32 bits per heavy atom. The summed E-state index contributed by atoms with van der Waals surface area (Å²) in [6, 6.07) is 8.51. The second-order valence-electron chi connectivity index (χ2n) is 5.04. The number of nitrogens with one attached hydrogen (secondary N) is 1. The Kier molecular flexibility index (Phi) is 4.48. The Bertz CT molecular complexity index is 551. The summed E-state index contributed by atoms with van der Waals surface area (Å²) < 4.78 is 0. The zero-order chi connectivity index (χ0) is 13.8. The molecular weight excluding hydrogens is 234 g/mol. The predicted octanol–water partition coefficient (Wildman–Crippen LogP) is 3.43. The average Bonchev–Trinajstić information content (AvgIpc) is 2.40. The molecule has 2 rings (SSSR count). The van der Waals surface area contributed by atoms with Crippen molar-refractivity contribution in [2.24, 2.45) is 0 Å². The second-order valence-corrected chi connectivity index (χ2v) is 5.04. The van der Waals surface area contributed by atoms with E-state index in [1.165, 1.54) is 0 Å². The van der Waals surface area contributed by atoms with Gasteiger partial charge in [-0.1, -0.05) is 26.0 Å². The highest BCUT2D eigenvalue weighted by Gasteiger charge is 2.21. The number of para-hydroxylation sites is 2. The largest absolute Gasteiger partial charge is 0.314 e. The van der Waals surface area contributed by atoms with Crippen LogP contribution >= 0.6 is 0 Å². The van der Waals surface area contributed by atoms with Crippen LogP contribution in [0.3, 0.4) is 0 Å². The Hall–Kier alpha value is -1.48. The first-order chi connectivity index (χ1) is 9.17. The van der Waals surface area contributed by atoms with E-state index in [1.54, 1.807) is 0 Å². The van der Waals surface area contributed by atoms with Crippen molar-refractivity contribution in [2.45, 2.75) is 46.1 Å². The lowest BCUT2D eigenvalue weighted by atomic mass is 9.92. The third-order valence-corrected chi connectivity index (χ3v) is 3.70. The van der Waals surface area contributed by atoms with E-state index in [0.717, 1.165) is 35.4 Å². The molecule has 0 saturated heterocycles. The number of rotatable bonds is 5. The van der Waals surface area contributed by atoms with Crippen LogP contribution in [0, 0.1) is 6.92 Å². The fourth-order valence-corrected chi connectivity index (χ4v) is 2.70. The second kappa shape index (κ2) is 6.11. The molecule has 1 heterocycles. The molecule has 2 atom stereocenters. The molecule has 0 bridgehead atoms. The third-order valence-electron chi connectivity index (χ3n) is 3.70. The third kappa shape index (κ3) is 2.92. The molecule has 1 aromatic heterocycles. The molecule has 19 heavy (non-hydrogen) atoms. The van der Waals surface area contributed by atoms with Gasteiger partial charge in [-0.2, -0.15) is 0 Å². The molecule has 0 aliphatic heterocycles. The highest BCUT2D eigenvalue weighted by Crippen LogP contribution is 2.25. The van der Waals surface area contributed by atoms with Crippen molar-refractivity contribution in [3.8, 4) is 0 Å². The summed E-state index contributed by atoms with van der Waals surface area (Å²) in [4.78, 5) is 9.54. The van der Waals surface area contributed by atoms with Gasteiger partial charge >= 0.3 is 0 Å². The number of likely N-dealkylation sites (N-methyl/N-ethyl adjacent to an activating group) is 1. The lowest BCUT2D eigenvalue weighted by Crippen LogP contribution is -2.32. The Morgan fingerprint density at radius 2 is 1.74 bits per heavy atom. The maximum atomic E-state index is 4.85. The molecule has 2 unspecified atom stereocenters. The number of fused-ring (bicyclic) bond motifs is 1. The van der Waals surface area contributed by atoms with Gasteiger partial charge in [-0.3, -0.25) is 0 Å². The Balaban J connectivity index is 2.44. The minimum atomic E-state index is 0.414. The number of aromatic nitrogens is 2. The van der Waals surface area contributed by atoms with Crippen LogP contribution in [0.15, 0.2) is 24.3 Å². The zero-order valence-electron chi connectivity index (χ0n) is 12.3. The van der Waals surface area contributed by atoms with Crippen molar-refractivity contribution in [3.63, 3.8) is 0 Å². The van der Waals surface area contributed by atoms with Gasteiger partial charge in [-0.15, -0.1) is 0 Å². The maximum absolute atomic E-state index is 4.85. The maximum Gasteiger partial charge on any atom is 0.0890 e. The van der Waals surface area contributed by atoms with Gasteiger partial charge in [-0.05, 0) is 38.9 Å². The summed E-state index contributed by atoms with van der Waals surface area (Å²) >= 11 is 0. The number of aryl methyl sites for hydroxylation is 1. The molecule has 3 heteroatoms. The number of nitrogens with zero attached hydrogens (tertiary/aromatic N) is 2. The van der Waals surface area contributed by atoms with E-state index in [2.05, 4.69) is 33.0 Å². The van der Waals surface area contributed by atoms with E-state index in [-0.39, 0.29) is 0 Å². The number of benzene rings is 1. The standard InChI is InChI=1S/C16H23N3/c1-5-13(11(3)17-6-2)16-12(4)18-14-9-7-8-10-15(14)19-16/h7-11,13,17H,5-6H2,1-4H3. The normalized spacial score (nSPS) is 14.5.